The lowest BCUT2D eigenvalue weighted by Gasteiger charge is -2.39. The number of aryl methyl sites for hydroxylation is 1. The minimum Gasteiger partial charge on any atom is -0.379 e. The zero-order chi connectivity index (χ0) is 31.9. The number of morpholine rings is 1. The molecule has 242 valence electrons. The van der Waals surface area contributed by atoms with Crippen LogP contribution < -0.4 is 16.0 Å². The van der Waals surface area contributed by atoms with E-state index in [-0.39, 0.29) is 34.5 Å². The van der Waals surface area contributed by atoms with Gasteiger partial charge in [-0.3, -0.25) is 24.0 Å². The topological polar surface area (TPSA) is 130 Å². The molecule has 46 heavy (non-hydrogen) atoms. The van der Waals surface area contributed by atoms with Gasteiger partial charge in [0.2, 0.25) is 11.8 Å². The van der Waals surface area contributed by atoms with E-state index < -0.39 is 12.1 Å². The third-order valence-electron chi connectivity index (χ3n) is 10.7. The van der Waals surface area contributed by atoms with Crippen LogP contribution in [0.25, 0.3) is 0 Å². The molecule has 3 aromatic rings. The summed E-state index contributed by atoms with van der Waals surface area (Å²) in [4.78, 5) is 47.9. The van der Waals surface area contributed by atoms with Gasteiger partial charge >= 0.3 is 0 Å². The number of carbonyl (C=O) groups excluding carboxylic acids is 3. The van der Waals surface area contributed by atoms with Crippen molar-refractivity contribution >= 4 is 23.5 Å². The number of pyridine rings is 1. The fourth-order valence-electron chi connectivity index (χ4n) is 7.67. The first kappa shape index (κ1) is 30.6. The highest BCUT2D eigenvalue weighted by molar-refractivity contribution is 6.01. The molecule has 1 aliphatic heterocycles. The van der Waals surface area contributed by atoms with Crippen LogP contribution in [0.15, 0.2) is 54.9 Å². The number of nitrogens with one attached hydrogen (secondary N) is 3. The van der Waals surface area contributed by atoms with Crippen molar-refractivity contribution in [3.8, 4) is 0 Å². The number of rotatable bonds is 10. The van der Waals surface area contributed by atoms with E-state index in [1.165, 1.54) is 16.7 Å². The number of anilines is 1. The number of benzene rings is 1. The van der Waals surface area contributed by atoms with E-state index in [1.54, 1.807) is 31.6 Å². The molecule has 1 aromatic carbocycles. The summed E-state index contributed by atoms with van der Waals surface area (Å²) in [5.74, 6) is -0.500. The molecule has 11 heteroatoms. The first-order chi connectivity index (χ1) is 22.3. The highest BCUT2D eigenvalue weighted by Gasteiger charge is 2.58. The SMILES string of the molecule is Cn1nccc1C(=O)N[C@H](C(=O)Nc1ccc(C(C(=O)NCC2(C)CCC2)N2CCOCC2)cn1)C1c2ccccc2CC12CC2. The van der Waals surface area contributed by atoms with Crippen LogP contribution in [0.2, 0.25) is 0 Å². The first-order valence-corrected chi connectivity index (χ1v) is 16.5. The smallest absolute Gasteiger partial charge is 0.270 e. The molecule has 3 heterocycles. The summed E-state index contributed by atoms with van der Waals surface area (Å²) in [5.41, 5.74) is 3.62. The van der Waals surface area contributed by atoms with E-state index in [9.17, 15) is 14.4 Å². The second-order valence-corrected chi connectivity index (χ2v) is 13.9. The number of amides is 3. The van der Waals surface area contributed by atoms with Gasteiger partial charge in [0.05, 0.1) is 13.2 Å². The molecular formula is C35H43N7O4. The molecule has 2 unspecified atom stereocenters. The fraction of sp³-hybridized carbons (Fsp3) is 0.514. The van der Waals surface area contributed by atoms with Crippen LogP contribution in [0, 0.1) is 10.8 Å². The van der Waals surface area contributed by atoms with Crippen molar-refractivity contribution < 1.29 is 19.1 Å². The van der Waals surface area contributed by atoms with Crippen molar-refractivity contribution in [1.29, 1.82) is 0 Å². The third-order valence-corrected chi connectivity index (χ3v) is 10.7. The maximum absolute atomic E-state index is 14.1. The Morgan fingerprint density at radius 3 is 2.46 bits per heavy atom. The summed E-state index contributed by atoms with van der Waals surface area (Å²) in [6.45, 7) is 5.32. The molecule has 3 amide bonds. The maximum atomic E-state index is 14.1. The Hall–Kier alpha value is -4.09. The highest BCUT2D eigenvalue weighted by atomic mass is 16.5. The summed E-state index contributed by atoms with van der Waals surface area (Å²) in [6.07, 6.45) is 9.63. The molecule has 3 N–H and O–H groups in total. The van der Waals surface area contributed by atoms with Crippen molar-refractivity contribution in [2.45, 2.75) is 63.5 Å². The first-order valence-electron chi connectivity index (χ1n) is 16.5. The number of hydrogen-bond acceptors (Lipinski definition) is 7. The molecule has 1 spiro atoms. The molecule has 1 saturated heterocycles. The van der Waals surface area contributed by atoms with Crippen molar-refractivity contribution in [2.75, 3.05) is 38.2 Å². The van der Waals surface area contributed by atoms with E-state index in [1.807, 2.05) is 18.2 Å². The molecule has 7 rings (SSSR count). The van der Waals surface area contributed by atoms with Crippen LogP contribution in [0.1, 0.15) is 78.2 Å². The number of fused-ring (bicyclic) bond motifs is 1. The summed E-state index contributed by atoms with van der Waals surface area (Å²) in [7, 11) is 1.71. The van der Waals surface area contributed by atoms with Gasteiger partial charge in [-0.2, -0.15) is 5.10 Å². The summed E-state index contributed by atoms with van der Waals surface area (Å²) < 4.78 is 7.07. The summed E-state index contributed by atoms with van der Waals surface area (Å²) in [6, 6.07) is 12.2. The Bertz CT molecular complexity index is 1600. The quantitative estimate of drug-likeness (QED) is 0.315. The number of aromatic nitrogens is 3. The Labute approximate surface area is 269 Å². The van der Waals surface area contributed by atoms with E-state index in [2.05, 4.69) is 50.0 Å². The number of ether oxygens (including phenoxy) is 1. The standard InChI is InChI=1S/C35H43N7O4/c1-34(11-5-12-34)22-37-33(45)30(42-16-18-46-19-17-42)24-8-9-27(36-21-24)39-32(44)29(40-31(43)26-10-15-38-41(26)2)28-25-7-4-3-6-23(25)20-35(28)13-14-35/h3-4,6-10,15,21,28-30H,5,11-14,16-20,22H2,1-2H3,(H,37,45)(H,40,43)(H,36,39,44)/t28?,29-,30?/m0/s1. The van der Waals surface area contributed by atoms with E-state index in [0.717, 1.165) is 43.2 Å². The van der Waals surface area contributed by atoms with E-state index in [4.69, 9.17) is 4.74 Å². The monoisotopic (exact) mass is 625 g/mol. The molecule has 0 bridgehead atoms. The van der Waals surface area contributed by atoms with Crippen molar-refractivity contribution in [3.63, 3.8) is 0 Å². The second kappa shape index (κ2) is 12.3. The second-order valence-electron chi connectivity index (χ2n) is 13.9. The lowest BCUT2D eigenvalue weighted by molar-refractivity contribution is -0.129. The van der Waals surface area contributed by atoms with Crippen molar-refractivity contribution in [1.82, 2.24) is 30.3 Å². The predicted octanol–water partition coefficient (Wildman–Crippen LogP) is 3.35. The number of carbonyl (C=O) groups is 3. The van der Waals surface area contributed by atoms with Gasteiger partial charge in [0, 0.05) is 45.0 Å². The molecule has 3 atom stereocenters. The number of nitrogens with zero attached hydrogens (tertiary/aromatic N) is 4. The predicted molar refractivity (Wildman–Crippen MR) is 172 cm³/mol. The molecule has 3 fully saturated rings. The zero-order valence-electron chi connectivity index (χ0n) is 26.6. The van der Waals surface area contributed by atoms with E-state index >= 15 is 0 Å². The summed E-state index contributed by atoms with van der Waals surface area (Å²) >= 11 is 0. The van der Waals surface area contributed by atoms with Crippen LogP contribution in [0.4, 0.5) is 5.82 Å². The number of hydrogen-bond donors (Lipinski definition) is 3. The molecule has 0 radical (unpaired) electrons. The Balaban J connectivity index is 1.12. The van der Waals surface area contributed by atoms with Gasteiger partial charge in [0.25, 0.3) is 5.91 Å². The van der Waals surface area contributed by atoms with Gasteiger partial charge in [0.1, 0.15) is 23.6 Å². The summed E-state index contributed by atoms with van der Waals surface area (Å²) in [5, 5.41) is 13.4. The van der Waals surface area contributed by atoms with Gasteiger partial charge in [-0.15, -0.1) is 0 Å². The fourth-order valence-corrected chi connectivity index (χ4v) is 7.67. The highest BCUT2D eigenvalue weighted by Crippen LogP contribution is 2.64. The van der Waals surface area contributed by atoms with Crippen LogP contribution in [-0.4, -0.2) is 76.3 Å². The average Bonchev–Trinajstić information content (AvgIpc) is 3.55. The third kappa shape index (κ3) is 5.93. The van der Waals surface area contributed by atoms with Crippen LogP contribution in [-0.2, 0) is 27.8 Å². The van der Waals surface area contributed by atoms with Gasteiger partial charge in [-0.25, -0.2) is 4.98 Å². The minimum absolute atomic E-state index is 0.0406. The zero-order valence-corrected chi connectivity index (χ0v) is 26.6. The molecule has 11 nitrogen and oxygen atoms in total. The van der Waals surface area contributed by atoms with E-state index in [0.29, 0.717) is 44.4 Å². The lowest BCUT2D eigenvalue weighted by Crippen LogP contribution is -2.49. The normalized spacial score (nSPS) is 22.3. The van der Waals surface area contributed by atoms with Gasteiger partial charge in [-0.05, 0) is 71.8 Å². The molecule has 2 aromatic heterocycles. The Morgan fingerprint density at radius 2 is 1.80 bits per heavy atom. The molecule has 2 saturated carbocycles. The van der Waals surface area contributed by atoms with Crippen LogP contribution >= 0.6 is 0 Å². The maximum Gasteiger partial charge on any atom is 0.270 e. The molecule has 4 aliphatic rings. The largest absolute Gasteiger partial charge is 0.379 e. The Morgan fingerprint density at radius 1 is 1.02 bits per heavy atom. The van der Waals surface area contributed by atoms with Gasteiger partial charge < -0.3 is 20.7 Å². The van der Waals surface area contributed by atoms with Crippen LogP contribution in [0.3, 0.4) is 0 Å². The molecule has 3 aliphatic carbocycles. The lowest BCUT2D eigenvalue weighted by atomic mass is 9.70. The molecular weight excluding hydrogens is 582 g/mol. The minimum atomic E-state index is -0.810. The van der Waals surface area contributed by atoms with Crippen LogP contribution in [0.5, 0.6) is 0 Å². The van der Waals surface area contributed by atoms with Gasteiger partial charge in [-0.1, -0.05) is 43.7 Å². The van der Waals surface area contributed by atoms with Crippen molar-refractivity contribution in [2.24, 2.45) is 17.9 Å². The Kier molecular flexibility index (Phi) is 8.14. The van der Waals surface area contributed by atoms with Crippen molar-refractivity contribution in [3.05, 3.63) is 77.2 Å². The average molecular weight is 626 g/mol. The van der Waals surface area contributed by atoms with Gasteiger partial charge in [0.15, 0.2) is 0 Å².